The van der Waals surface area contributed by atoms with Crippen LogP contribution >= 0.6 is 6.83 Å². The van der Waals surface area contributed by atoms with Crippen LogP contribution in [0.25, 0.3) is 0 Å². The molecule has 1 aliphatic rings. The van der Waals surface area contributed by atoms with Crippen LogP contribution < -0.4 is 5.30 Å². The molecule has 122 valence electrons. The van der Waals surface area contributed by atoms with Gasteiger partial charge in [-0.2, -0.15) is 0 Å². The molecule has 4 rings (SSSR count). The van der Waals surface area contributed by atoms with Gasteiger partial charge < -0.3 is 0 Å². The van der Waals surface area contributed by atoms with Crippen molar-refractivity contribution >= 4 is 12.1 Å². The molecule has 0 N–H and O–H groups in total. The first-order chi connectivity index (χ1) is 11.5. The maximum absolute atomic E-state index is 6.99. The van der Waals surface area contributed by atoms with Crippen LogP contribution in [0.15, 0.2) is 91.0 Å². The Labute approximate surface area is 144 Å². The van der Waals surface area contributed by atoms with Gasteiger partial charge in [0.15, 0.2) is 0 Å². The summed E-state index contributed by atoms with van der Waals surface area (Å²) in [5.74, 6) is 0. The van der Waals surface area contributed by atoms with Gasteiger partial charge in [0.05, 0.1) is 0 Å². The predicted octanol–water partition coefficient (Wildman–Crippen LogP) is 5.01. The third-order valence-corrected chi connectivity index (χ3v) is 9.34. The summed E-state index contributed by atoms with van der Waals surface area (Å²) in [6, 6.07) is 32.0. The van der Waals surface area contributed by atoms with Crippen molar-refractivity contribution in [1.29, 1.82) is 0 Å². The Morgan fingerprint density at radius 1 is 0.667 bits per heavy atom. The quantitative estimate of drug-likeness (QED) is 0.612. The molecule has 0 unspecified atom stereocenters. The van der Waals surface area contributed by atoms with E-state index < -0.39 is 6.83 Å². The van der Waals surface area contributed by atoms with E-state index in [-0.39, 0.29) is 5.60 Å². The van der Waals surface area contributed by atoms with E-state index in [0.717, 1.165) is 6.16 Å². The molecular formula is C22H23OP. The van der Waals surface area contributed by atoms with Crippen molar-refractivity contribution < 1.29 is 4.52 Å². The van der Waals surface area contributed by atoms with Gasteiger partial charge in [0.2, 0.25) is 0 Å². The monoisotopic (exact) mass is 334 g/mol. The van der Waals surface area contributed by atoms with Gasteiger partial charge in [-0.1, -0.05) is 0 Å². The molecule has 1 saturated heterocycles. The first kappa shape index (κ1) is 15.6. The van der Waals surface area contributed by atoms with Gasteiger partial charge in [-0.05, 0) is 0 Å². The molecule has 3 aromatic carbocycles. The molecule has 1 heterocycles. The number of hydrogen-bond acceptors (Lipinski definition) is 1. The van der Waals surface area contributed by atoms with Crippen molar-refractivity contribution in [2.75, 3.05) is 19.5 Å². The van der Waals surface area contributed by atoms with Crippen molar-refractivity contribution in [2.45, 2.75) is 5.60 Å². The third kappa shape index (κ3) is 2.32. The van der Waals surface area contributed by atoms with Crippen LogP contribution in [0.5, 0.6) is 0 Å². The molecule has 1 aliphatic heterocycles. The van der Waals surface area contributed by atoms with E-state index in [4.69, 9.17) is 4.52 Å². The summed E-state index contributed by atoms with van der Waals surface area (Å²) in [6.45, 7) is 2.32. The van der Waals surface area contributed by atoms with Crippen molar-refractivity contribution in [3.8, 4) is 0 Å². The molecule has 0 radical (unpaired) electrons. The second-order valence-electron chi connectivity index (χ2n) is 7.41. The van der Waals surface area contributed by atoms with E-state index >= 15 is 0 Å². The summed E-state index contributed by atoms with van der Waals surface area (Å²) in [7, 11) is 0. The van der Waals surface area contributed by atoms with E-state index in [9.17, 15) is 0 Å². The van der Waals surface area contributed by atoms with Gasteiger partial charge in [-0.3, -0.25) is 0 Å². The standard InChI is InChI=1S/C22H23OP/c1-24(2,21-16-10-5-11-17-21)18-22(23-24,19-12-6-3-7-13-19)20-14-8-4-9-15-20/h3-17H,18H2,1-2H3. The zero-order chi connectivity index (χ0) is 16.7. The zero-order valence-electron chi connectivity index (χ0n) is 14.2. The normalized spacial score (nSPS) is 21.8. The molecular weight excluding hydrogens is 311 g/mol. The fraction of sp³-hybridized carbons (Fsp3) is 0.182. The molecule has 0 aromatic heterocycles. The summed E-state index contributed by atoms with van der Waals surface area (Å²) in [6.07, 6.45) is 1.04. The third-order valence-electron chi connectivity index (χ3n) is 5.17. The Bertz CT molecular complexity index is 789. The fourth-order valence-electron chi connectivity index (χ4n) is 4.05. The average molecular weight is 334 g/mol. The molecule has 3 aromatic rings. The fourth-order valence-corrected chi connectivity index (χ4v) is 8.29. The molecule has 0 saturated carbocycles. The first-order valence-corrected chi connectivity index (χ1v) is 11.6. The van der Waals surface area contributed by atoms with Gasteiger partial charge in [0.25, 0.3) is 0 Å². The SMILES string of the molecule is CP1(C)(c2ccccc2)CC(c2ccccc2)(c2ccccc2)O1. The maximum atomic E-state index is 6.99. The molecule has 0 spiro atoms. The van der Waals surface area contributed by atoms with E-state index in [1.165, 1.54) is 16.4 Å². The summed E-state index contributed by atoms with van der Waals surface area (Å²) < 4.78 is 6.99. The minimum absolute atomic E-state index is 0.334. The predicted molar refractivity (Wildman–Crippen MR) is 104 cm³/mol. The van der Waals surface area contributed by atoms with Crippen LogP contribution in [-0.2, 0) is 10.1 Å². The van der Waals surface area contributed by atoms with Gasteiger partial charge in [-0.25, -0.2) is 0 Å². The number of hydrogen-bond donors (Lipinski definition) is 0. The molecule has 0 aliphatic carbocycles. The number of rotatable bonds is 3. The Morgan fingerprint density at radius 3 is 1.46 bits per heavy atom. The van der Waals surface area contributed by atoms with Gasteiger partial charge in [0, 0.05) is 0 Å². The molecule has 24 heavy (non-hydrogen) atoms. The molecule has 1 nitrogen and oxygen atoms in total. The molecule has 1 fully saturated rings. The van der Waals surface area contributed by atoms with Crippen LogP contribution in [0.4, 0.5) is 0 Å². The minimum atomic E-state index is -2.36. The van der Waals surface area contributed by atoms with E-state index in [1.54, 1.807) is 0 Å². The van der Waals surface area contributed by atoms with E-state index in [2.05, 4.69) is 104 Å². The van der Waals surface area contributed by atoms with Gasteiger partial charge >= 0.3 is 144 Å². The summed E-state index contributed by atoms with van der Waals surface area (Å²) in [4.78, 5) is 0. The Kier molecular flexibility index (Phi) is 3.42. The topological polar surface area (TPSA) is 9.23 Å². The van der Waals surface area contributed by atoms with Crippen molar-refractivity contribution in [3.63, 3.8) is 0 Å². The summed E-state index contributed by atoms with van der Waals surface area (Å²) in [5.41, 5.74) is 2.16. The molecule has 0 amide bonds. The molecule has 2 heteroatoms. The summed E-state index contributed by atoms with van der Waals surface area (Å²) >= 11 is 0. The first-order valence-electron chi connectivity index (χ1n) is 8.41. The van der Waals surface area contributed by atoms with E-state index in [1.807, 2.05) is 0 Å². The molecule has 0 atom stereocenters. The van der Waals surface area contributed by atoms with Crippen LogP contribution in [-0.4, -0.2) is 19.5 Å². The second-order valence-corrected chi connectivity index (χ2v) is 13.0. The Morgan fingerprint density at radius 2 is 1.04 bits per heavy atom. The van der Waals surface area contributed by atoms with E-state index in [0.29, 0.717) is 0 Å². The number of benzene rings is 3. The Hall–Kier alpha value is -1.95. The van der Waals surface area contributed by atoms with Crippen LogP contribution in [0.1, 0.15) is 11.1 Å². The van der Waals surface area contributed by atoms with Crippen molar-refractivity contribution in [1.82, 2.24) is 0 Å². The van der Waals surface area contributed by atoms with Crippen LogP contribution in [0, 0.1) is 0 Å². The second kappa shape index (κ2) is 5.28. The van der Waals surface area contributed by atoms with Crippen LogP contribution in [0.2, 0.25) is 0 Å². The molecule has 0 bridgehead atoms. The Balaban J connectivity index is 1.82. The summed E-state index contributed by atoms with van der Waals surface area (Å²) in [5, 5.41) is 1.35. The van der Waals surface area contributed by atoms with Gasteiger partial charge in [-0.15, -0.1) is 0 Å². The van der Waals surface area contributed by atoms with Crippen molar-refractivity contribution in [2.24, 2.45) is 0 Å². The average Bonchev–Trinajstić information content (AvgIpc) is 2.62. The van der Waals surface area contributed by atoms with Crippen molar-refractivity contribution in [3.05, 3.63) is 102 Å². The van der Waals surface area contributed by atoms with Crippen LogP contribution in [0.3, 0.4) is 0 Å². The zero-order valence-corrected chi connectivity index (χ0v) is 15.1. The van der Waals surface area contributed by atoms with Gasteiger partial charge in [0.1, 0.15) is 0 Å².